The van der Waals surface area contributed by atoms with Gasteiger partial charge >= 0.3 is 0 Å². The third kappa shape index (κ3) is 4.93. The van der Waals surface area contributed by atoms with E-state index in [0.717, 1.165) is 16.9 Å². The highest BCUT2D eigenvalue weighted by molar-refractivity contribution is 8.13. The summed E-state index contributed by atoms with van der Waals surface area (Å²) >= 11 is 7.58. The molecular formula is C26H20ClN3O3S. The van der Waals surface area contributed by atoms with Gasteiger partial charge in [-0.2, -0.15) is 5.26 Å². The summed E-state index contributed by atoms with van der Waals surface area (Å²) in [6.45, 7) is 0. The van der Waals surface area contributed by atoms with E-state index in [1.807, 2.05) is 42.5 Å². The Kier molecular flexibility index (Phi) is 7.21. The van der Waals surface area contributed by atoms with Gasteiger partial charge in [0.05, 0.1) is 36.6 Å². The Bertz CT molecular complexity index is 1330. The Morgan fingerprint density at radius 1 is 1.09 bits per heavy atom. The molecule has 3 aromatic carbocycles. The van der Waals surface area contributed by atoms with Crippen LogP contribution in [-0.2, 0) is 10.5 Å². The van der Waals surface area contributed by atoms with Crippen LogP contribution in [-0.4, -0.2) is 25.3 Å². The molecule has 8 heteroatoms. The number of amidine groups is 1. The van der Waals surface area contributed by atoms with Gasteiger partial charge in [-0.05, 0) is 47.5 Å². The summed E-state index contributed by atoms with van der Waals surface area (Å²) in [5, 5.41) is 10.4. The quantitative estimate of drug-likeness (QED) is 0.402. The molecule has 1 amide bonds. The molecule has 0 spiro atoms. The van der Waals surface area contributed by atoms with Crippen molar-refractivity contribution in [1.82, 2.24) is 0 Å². The number of aliphatic imine (C=N–C) groups is 1. The lowest BCUT2D eigenvalue weighted by Gasteiger charge is -2.19. The first-order chi connectivity index (χ1) is 16.5. The van der Waals surface area contributed by atoms with Crippen LogP contribution in [0.5, 0.6) is 11.5 Å². The van der Waals surface area contributed by atoms with Crippen LogP contribution in [0.1, 0.15) is 16.7 Å². The number of nitrogens with zero attached hydrogens (tertiary/aromatic N) is 3. The molecule has 1 aliphatic rings. The van der Waals surface area contributed by atoms with Gasteiger partial charge in [-0.3, -0.25) is 9.69 Å². The van der Waals surface area contributed by atoms with Gasteiger partial charge in [0.25, 0.3) is 5.91 Å². The van der Waals surface area contributed by atoms with Gasteiger partial charge in [0.1, 0.15) is 17.2 Å². The van der Waals surface area contributed by atoms with Crippen molar-refractivity contribution in [1.29, 1.82) is 5.26 Å². The molecule has 170 valence electrons. The molecule has 0 fully saturated rings. The van der Waals surface area contributed by atoms with E-state index in [1.165, 1.54) is 23.8 Å². The molecular weight excluding hydrogens is 470 g/mol. The molecule has 0 saturated carbocycles. The minimum atomic E-state index is -0.267. The van der Waals surface area contributed by atoms with Crippen molar-refractivity contribution in [2.45, 2.75) is 5.75 Å². The Morgan fingerprint density at radius 2 is 1.85 bits per heavy atom. The van der Waals surface area contributed by atoms with Crippen LogP contribution in [0.15, 0.2) is 77.4 Å². The highest BCUT2D eigenvalue weighted by atomic mass is 35.5. The number of halogens is 1. The number of ether oxygens (including phenoxy) is 2. The van der Waals surface area contributed by atoms with E-state index in [4.69, 9.17) is 21.1 Å². The topological polar surface area (TPSA) is 74.9 Å². The van der Waals surface area contributed by atoms with Crippen LogP contribution in [0.2, 0.25) is 5.02 Å². The molecule has 0 saturated heterocycles. The maximum absolute atomic E-state index is 13.4. The van der Waals surface area contributed by atoms with E-state index in [9.17, 15) is 10.1 Å². The molecule has 0 N–H and O–H groups in total. The second-order valence-electron chi connectivity index (χ2n) is 7.21. The van der Waals surface area contributed by atoms with E-state index in [0.29, 0.717) is 38.6 Å². The molecule has 4 rings (SSSR count). The van der Waals surface area contributed by atoms with E-state index in [2.05, 4.69) is 11.1 Å². The Balaban J connectivity index is 1.70. The highest BCUT2D eigenvalue weighted by Crippen LogP contribution is 2.35. The predicted molar refractivity (Wildman–Crippen MR) is 136 cm³/mol. The number of thioether (sulfide) groups is 1. The molecule has 34 heavy (non-hydrogen) atoms. The zero-order valence-corrected chi connectivity index (χ0v) is 20.1. The summed E-state index contributed by atoms with van der Waals surface area (Å²) in [5.74, 6) is 1.40. The van der Waals surface area contributed by atoms with Crippen LogP contribution in [0.4, 0.5) is 5.69 Å². The lowest BCUT2D eigenvalue weighted by Crippen LogP contribution is -2.30. The molecule has 0 atom stereocenters. The molecule has 0 radical (unpaired) electrons. The Morgan fingerprint density at radius 3 is 2.56 bits per heavy atom. The lowest BCUT2D eigenvalue weighted by atomic mass is 10.1. The number of benzene rings is 3. The van der Waals surface area contributed by atoms with Gasteiger partial charge < -0.3 is 9.47 Å². The van der Waals surface area contributed by atoms with Gasteiger partial charge in [-0.15, -0.1) is 0 Å². The van der Waals surface area contributed by atoms with Crippen LogP contribution in [0.25, 0.3) is 6.08 Å². The zero-order chi connectivity index (χ0) is 24.1. The Labute approximate surface area is 207 Å². The first-order valence-corrected chi connectivity index (χ1v) is 11.6. The first kappa shape index (κ1) is 23.4. The fraction of sp³-hybridized carbons (Fsp3) is 0.115. The summed E-state index contributed by atoms with van der Waals surface area (Å²) < 4.78 is 10.5. The van der Waals surface area contributed by atoms with Crippen LogP contribution in [0.3, 0.4) is 0 Å². The predicted octanol–water partition coefficient (Wildman–Crippen LogP) is 5.91. The van der Waals surface area contributed by atoms with Crippen molar-refractivity contribution >= 4 is 46.2 Å². The lowest BCUT2D eigenvalue weighted by molar-refractivity contribution is -0.113. The van der Waals surface area contributed by atoms with Crippen molar-refractivity contribution in [2.75, 3.05) is 19.1 Å². The van der Waals surface area contributed by atoms with Crippen molar-refractivity contribution in [3.8, 4) is 17.6 Å². The number of rotatable bonds is 6. The SMILES string of the molecule is COc1ccc(/C=C2\N=C(SCc3ccccc3C#N)N(c3ccc(Cl)c(OC)c3)C2=O)cc1. The number of carbonyl (C=O) groups is 1. The van der Waals surface area contributed by atoms with Gasteiger partial charge in [-0.25, -0.2) is 4.99 Å². The summed E-state index contributed by atoms with van der Waals surface area (Å²) in [6, 6.07) is 22.1. The number of carbonyl (C=O) groups excluding carboxylic acids is 1. The van der Waals surface area contributed by atoms with E-state index in [1.54, 1.807) is 37.5 Å². The van der Waals surface area contributed by atoms with Gasteiger partial charge in [0.2, 0.25) is 0 Å². The fourth-order valence-corrected chi connectivity index (χ4v) is 4.58. The van der Waals surface area contributed by atoms with E-state index in [-0.39, 0.29) is 5.91 Å². The number of amides is 1. The highest BCUT2D eigenvalue weighted by Gasteiger charge is 2.32. The number of methoxy groups -OCH3 is 2. The van der Waals surface area contributed by atoms with E-state index < -0.39 is 0 Å². The zero-order valence-electron chi connectivity index (χ0n) is 18.5. The van der Waals surface area contributed by atoms with Crippen molar-refractivity contribution < 1.29 is 14.3 Å². The second kappa shape index (κ2) is 10.5. The van der Waals surface area contributed by atoms with Gasteiger partial charge in [-0.1, -0.05) is 53.7 Å². The third-order valence-corrected chi connectivity index (χ3v) is 6.44. The fourth-order valence-electron chi connectivity index (χ4n) is 3.36. The summed E-state index contributed by atoms with van der Waals surface area (Å²) in [4.78, 5) is 19.6. The largest absolute Gasteiger partial charge is 0.497 e. The minimum Gasteiger partial charge on any atom is -0.497 e. The molecule has 1 aliphatic heterocycles. The van der Waals surface area contributed by atoms with E-state index >= 15 is 0 Å². The third-order valence-electron chi connectivity index (χ3n) is 5.14. The van der Waals surface area contributed by atoms with Crippen LogP contribution >= 0.6 is 23.4 Å². The average molecular weight is 490 g/mol. The second-order valence-corrected chi connectivity index (χ2v) is 8.56. The minimum absolute atomic E-state index is 0.267. The summed E-state index contributed by atoms with van der Waals surface area (Å²) in [6.07, 6.45) is 1.73. The maximum Gasteiger partial charge on any atom is 0.283 e. The van der Waals surface area contributed by atoms with Gasteiger partial charge in [0.15, 0.2) is 5.17 Å². The number of hydrogen-bond acceptors (Lipinski definition) is 6. The summed E-state index contributed by atoms with van der Waals surface area (Å²) in [7, 11) is 3.12. The number of anilines is 1. The first-order valence-electron chi connectivity index (χ1n) is 10.3. The molecule has 0 bridgehead atoms. The Hall–Kier alpha value is -3.73. The monoisotopic (exact) mass is 489 g/mol. The van der Waals surface area contributed by atoms with Crippen LogP contribution < -0.4 is 14.4 Å². The molecule has 0 aliphatic carbocycles. The molecule has 0 unspecified atom stereocenters. The van der Waals surface area contributed by atoms with Gasteiger partial charge in [0, 0.05) is 11.8 Å². The average Bonchev–Trinajstić information content (AvgIpc) is 3.18. The van der Waals surface area contributed by atoms with Crippen molar-refractivity contribution in [3.05, 3.63) is 94.1 Å². The normalized spacial score (nSPS) is 14.2. The van der Waals surface area contributed by atoms with Crippen LogP contribution in [0, 0.1) is 11.3 Å². The standard InChI is InChI=1S/C26H20ClN3O3S/c1-32-21-10-7-17(8-11-21)13-23-25(31)30(20-9-12-22(27)24(14-20)33-2)26(29-23)34-16-19-6-4-3-5-18(19)15-28/h3-14H,16H2,1-2H3/b23-13-. The maximum atomic E-state index is 13.4. The summed E-state index contributed by atoms with van der Waals surface area (Å²) in [5.41, 5.74) is 3.17. The molecule has 0 aromatic heterocycles. The van der Waals surface area contributed by atoms with Crippen molar-refractivity contribution in [2.24, 2.45) is 4.99 Å². The smallest absolute Gasteiger partial charge is 0.283 e. The van der Waals surface area contributed by atoms with Crippen molar-refractivity contribution in [3.63, 3.8) is 0 Å². The number of hydrogen-bond donors (Lipinski definition) is 0. The number of nitriles is 1. The molecule has 3 aromatic rings. The molecule has 6 nitrogen and oxygen atoms in total. The molecule has 1 heterocycles.